The predicted molar refractivity (Wildman–Crippen MR) is 130 cm³/mol. The lowest BCUT2D eigenvalue weighted by Gasteiger charge is -2.31. The van der Waals surface area contributed by atoms with Gasteiger partial charge in [0, 0.05) is 6.42 Å². The zero-order valence-corrected chi connectivity index (χ0v) is 21.7. The van der Waals surface area contributed by atoms with E-state index in [-0.39, 0.29) is 16.6 Å². The first-order valence-corrected chi connectivity index (χ1v) is 12.2. The van der Waals surface area contributed by atoms with Gasteiger partial charge in [0.1, 0.15) is 11.5 Å². The van der Waals surface area contributed by atoms with Crippen LogP contribution in [0.4, 0.5) is 0 Å². The minimum absolute atomic E-state index is 0.0272. The van der Waals surface area contributed by atoms with Crippen LogP contribution >= 0.6 is 7.67 Å². The molecule has 0 spiro atoms. The second-order valence-corrected chi connectivity index (χ2v) is 13.4. The Kier molecular flexibility index (Phi) is 7.37. The van der Waals surface area contributed by atoms with Crippen LogP contribution in [0.5, 0.6) is 11.5 Å². The molecule has 0 amide bonds. The molecular weight excluding hydrogens is 407 g/mol. The number of benzene rings is 2. The molecule has 31 heavy (non-hydrogen) atoms. The molecule has 0 fully saturated rings. The summed E-state index contributed by atoms with van der Waals surface area (Å²) in [7, 11) is 3.79. The molecule has 0 saturated heterocycles. The third-order valence-corrected chi connectivity index (χ3v) is 7.94. The molecule has 0 aliphatic carbocycles. The third-order valence-electron chi connectivity index (χ3n) is 5.48. The highest BCUT2D eigenvalue weighted by molar-refractivity contribution is 7.54. The maximum absolute atomic E-state index is 13.5. The Morgan fingerprint density at radius 3 is 1.71 bits per heavy atom. The van der Waals surface area contributed by atoms with Crippen molar-refractivity contribution in [1.82, 2.24) is 9.34 Å². The van der Waals surface area contributed by atoms with Crippen LogP contribution in [-0.2, 0) is 21.8 Å². The Labute approximate surface area is 188 Å². The summed E-state index contributed by atoms with van der Waals surface area (Å²) >= 11 is 0. The molecule has 0 aromatic heterocycles. The highest BCUT2D eigenvalue weighted by Crippen LogP contribution is 2.51. The quantitative estimate of drug-likeness (QED) is 0.536. The van der Waals surface area contributed by atoms with E-state index in [1.165, 1.54) is 0 Å². The first-order chi connectivity index (χ1) is 14.1. The number of nitrogens with zero attached hydrogens (tertiary/aromatic N) is 2. The second kappa shape index (κ2) is 8.97. The van der Waals surface area contributed by atoms with Crippen LogP contribution in [0.1, 0.15) is 63.8 Å². The van der Waals surface area contributed by atoms with Gasteiger partial charge < -0.3 is 9.63 Å². The molecular formula is C25H39N2O3P. The van der Waals surface area contributed by atoms with E-state index in [2.05, 4.69) is 53.7 Å². The summed E-state index contributed by atoms with van der Waals surface area (Å²) in [6, 6.07) is 11.8. The van der Waals surface area contributed by atoms with Crippen molar-refractivity contribution in [3.63, 3.8) is 0 Å². The van der Waals surface area contributed by atoms with Crippen LogP contribution in [0.3, 0.4) is 0 Å². The Balaban J connectivity index is 2.61. The molecule has 5 nitrogen and oxygen atoms in total. The van der Waals surface area contributed by atoms with Gasteiger partial charge >= 0.3 is 7.67 Å². The van der Waals surface area contributed by atoms with Gasteiger partial charge in [0.25, 0.3) is 0 Å². The van der Waals surface area contributed by atoms with E-state index in [1.807, 2.05) is 18.2 Å². The van der Waals surface area contributed by atoms with Crippen molar-refractivity contribution in [2.24, 2.45) is 0 Å². The fourth-order valence-electron chi connectivity index (χ4n) is 3.32. The van der Waals surface area contributed by atoms with E-state index < -0.39 is 7.67 Å². The molecule has 0 aliphatic heterocycles. The first-order valence-electron chi connectivity index (χ1n) is 10.7. The van der Waals surface area contributed by atoms with Crippen molar-refractivity contribution >= 4 is 7.67 Å². The summed E-state index contributed by atoms with van der Waals surface area (Å²) in [5, 5.41) is 10.6. The monoisotopic (exact) mass is 446 g/mol. The van der Waals surface area contributed by atoms with Gasteiger partial charge in [-0.15, -0.1) is 0 Å². The fourth-order valence-corrected chi connectivity index (χ4v) is 4.80. The molecule has 0 heterocycles. The van der Waals surface area contributed by atoms with Crippen molar-refractivity contribution in [3.8, 4) is 11.5 Å². The number of hydrogen-bond donors (Lipinski definition) is 1. The van der Waals surface area contributed by atoms with Gasteiger partial charge in [-0.2, -0.15) is 0 Å². The smallest absolute Gasteiger partial charge is 0.394 e. The van der Waals surface area contributed by atoms with Gasteiger partial charge in [0.15, 0.2) is 0 Å². The Morgan fingerprint density at radius 1 is 0.806 bits per heavy atom. The molecule has 172 valence electrons. The molecule has 0 radical (unpaired) electrons. The van der Waals surface area contributed by atoms with Gasteiger partial charge in [0.05, 0.1) is 0 Å². The van der Waals surface area contributed by atoms with Crippen LogP contribution in [0.2, 0.25) is 0 Å². The summed E-state index contributed by atoms with van der Waals surface area (Å²) in [6.07, 6.45) is 0.482. The van der Waals surface area contributed by atoms with E-state index in [0.29, 0.717) is 12.2 Å². The first kappa shape index (κ1) is 25.5. The number of rotatable bonds is 6. The van der Waals surface area contributed by atoms with Crippen LogP contribution in [0, 0.1) is 0 Å². The minimum atomic E-state index is -3.22. The summed E-state index contributed by atoms with van der Waals surface area (Å²) in [4.78, 5) is 0. The van der Waals surface area contributed by atoms with Crippen molar-refractivity contribution in [1.29, 1.82) is 0 Å². The minimum Gasteiger partial charge on any atom is -0.508 e. The number of hydrogen-bond acceptors (Lipinski definition) is 3. The van der Waals surface area contributed by atoms with E-state index in [1.54, 1.807) is 43.6 Å². The summed E-state index contributed by atoms with van der Waals surface area (Å²) in [5.74, 6) is 0.822. The Bertz CT molecular complexity index is 958. The van der Waals surface area contributed by atoms with E-state index in [9.17, 15) is 9.67 Å². The molecule has 6 heteroatoms. The normalized spacial score (nSPS) is 13.2. The van der Waals surface area contributed by atoms with E-state index in [0.717, 1.165) is 22.3 Å². The lowest BCUT2D eigenvalue weighted by Crippen LogP contribution is -2.25. The largest absolute Gasteiger partial charge is 0.508 e. The molecule has 0 saturated carbocycles. The van der Waals surface area contributed by atoms with Crippen LogP contribution in [-0.4, -0.2) is 42.6 Å². The van der Waals surface area contributed by atoms with Gasteiger partial charge in [-0.25, -0.2) is 13.9 Å². The highest BCUT2D eigenvalue weighted by atomic mass is 31.2. The number of phenols is 1. The molecule has 1 N–H and O–H groups in total. The van der Waals surface area contributed by atoms with Gasteiger partial charge in [-0.3, -0.25) is 0 Å². The van der Waals surface area contributed by atoms with E-state index >= 15 is 0 Å². The molecule has 0 atom stereocenters. The third kappa shape index (κ3) is 5.91. The van der Waals surface area contributed by atoms with E-state index in [4.69, 9.17) is 4.52 Å². The van der Waals surface area contributed by atoms with Crippen molar-refractivity contribution in [2.75, 3.05) is 28.2 Å². The zero-order valence-electron chi connectivity index (χ0n) is 20.8. The maximum atomic E-state index is 13.5. The van der Waals surface area contributed by atoms with Crippen LogP contribution in [0.25, 0.3) is 0 Å². The predicted octanol–water partition coefficient (Wildman–Crippen LogP) is 6.19. The van der Waals surface area contributed by atoms with Gasteiger partial charge in [0.2, 0.25) is 0 Å². The summed E-state index contributed by atoms with van der Waals surface area (Å²) in [6.45, 7) is 13.0. The van der Waals surface area contributed by atoms with Crippen molar-refractivity contribution in [3.05, 3.63) is 58.7 Å². The van der Waals surface area contributed by atoms with Crippen molar-refractivity contribution in [2.45, 2.75) is 58.8 Å². The molecule has 0 bridgehead atoms. The SMILES string of the molecule is CN(C)P(=O)(Oc1ccc(C(C)(C)C)cc1Cc1cc(C(C)(C)C)ccc1O)N(C)C. The summed E-state index contributed by atoms with van der Waals surface area (Å²) in [5.41, 5.74) is 3.97. The molecule has 2 rings (SSSR count). The number of phenolic OH excluding ortho intramolecular Hbond substituents is 1. The van der Waals surface area contributed by atoms with Crippen LogP contribution < -0.4 is 4.52 Å². The zero-order chi connectivity index (χ0) is 23.8. The maximum Gasteiger partial charge on any atom is 0.394 e. The molecule has 0 unspecified atom stereocenters. The Hall–Kier alpha value is -1.81. The molecule has 2 aromatic carbocycles. The highest BCUT2D eigenvalue weighted by Gasteiger charge is 2.32. The topological polar surface area (TPSA) is 53.0 Å². The second-order valence-electron chi connectivity index (χ2n) is 10.6. The van der Waals surface area contributed by atoms with Gasteiger partial charge in [-0.1, -0.05) is 65.8 Å². The average Bonchev–Trinajstić information content (AvgIpc) is 2.62. The number of aromatic hydroxyl groups is 1. The standard InChI is InChI=1S/C25H39N2O3P/c1-24(2,3)20-11-13-22(28)18(16-20)15-19-17-21(25(4,5)6)12-14-23(19)30-31(29,26(7)8)27(9)10/h11-14,16-17,28H,15H2,1-10H3. The van der Waals surface area contributed by atoms with Gasteiger partial charge in [-0.05, 0) is 73.4 Å². The Morgan fingerprint density at radius 2 is 1.26 bits per heavy atom. The average molecular weight is 447 g/mol. The molecule has 0 aliphatic rings. The lowest BCUT2D eigenvalue weighted by atomic mass is 9.84. The fraction of sp³-hybridized carbons (Fsp3) is 0.520. The van der Waals surface area contributed by atoms with Crippen LogP contribution in [0.15, 0.2) is 36.4 Å². The summed E-state index contributed by atoms with van der Waals surface area (Å²) < 4.78 is 22.9. The van der Waals surface area contributed by atoms with Crippen molar-refractivity contribution < 1.29 is 14.2 Å². The lowest BCUT2D eigenvalue weighted by molar-refractivity contribution is 0.352. The molecule has 2 aromatic rings.